The van der Waals surface area contributed by atoms with Crippen LogP contribution in [0, 0.1) is 6.92 Å². The SMILES string of the molecule is Cc1cccc(Cl)c1NC(=O)Cn1c(=O)n(CCc2ccccc2)c(=O)c2ccccc21. The molecular weight excluding hydrogens is 426 g/mol. The summed E-state index contributed by atoms with van der Waals surface area (Å²) in [5, 5.41) is 3.60. The Morgan fingerprint density at radius 1 is 0.906 bits per heavy atom. The van der Waals surface area contributed by atoms with Gasteiger partial charge in [0.15, 0.2) is 0 Å². The van der Waals surface area contributed by atoms with Crippen LogP contribution < -0.4 is 16.6 Å². The van der Waals surface area contributed by atoms with Crippen molar-refractivity contribution in [3.8, 4) is 0 Å². The van der Waals surface area contributed by atoms with Gasteiger partial charge in [-0.25, -0.2) is 4.79 Å². The quantitative estimate of drug-likeness (QED) is 0.485. The van der Waals surface area contributed by atoms with Crippen LogP contribution in [0.15, 0.2) is 82.4 Å². The molecule has 1 N–H and O–H groups in total. The van der Waals surface area contributed by atoms with Gasteiger partial charge in [-0.3, -0.25) is 18.7 Å². The first-order valence-corrected chi connectivity index (χ1v) is 10.6. The maximum absolute atomic E-state index is 13.3. The number of aryl methyl sites for hydroxylation is 2. The van der Waals surface area contributed by atoms with Crippen molar-refractivity contribution in [1.29, 1.82) is 0 Å². The highest BCUT2D eigenvalue weighted by Gasteiger charge is 2.16. The summed E-state index contributed by atoms with van der Waals surface area (Å²) in [4.78, 5) is 39.1. The first kappa shape index (κ1) is 21.6. The molecule has 0 aliphatic heterocycles. The number of nitrogens with one attached hydrogen (secondary N) is 1. The lowest BCUT2D eigenvalue weighted by Gasteiger charge is -2.15. The Hall–Kier alpha value is -3.64. The van der Waals surface area contributed by atoms with Gasteiger partial charge in [0.05, 0.1) is 21.6 Å². The molecule has 0 bridgehead atoms. The molecule has 0 saturated heterocycles. The standard InChI is InChI=1S/C25H22ClN3O3/c1-17-8-7-12-20(26)23(17)27-22(30)16-29-21-13-6-5-11-19(21)24(31)28(25(29)32)15-14-18-9-3-2-4-10-18/h2-13H,14-16H2,1H3,(H,27,30). The van der Waals surface area contributed by atoms with Gasteiger partial charge < -0.3 is 5.32 Å². The van der Waals surface area contributed by atoms with Gasteiger partial charge in [0.1, 0.15) is 6.54 Å². The van der Waals surface area contributed by atoms with Gasteiger partial charge in [-0.2, -0.15) is 0 Å². The summed E-state index contributed by atoms with van der Waals surface area (Å²) < 4.78 is 2.53. The Morgan fingerprint density at radius 2 is 1.62 bits per heavy atom. The number of amides is 1. The minimum atomic E-state index is -0.518. The second-order valence-corrected chi connectivity index (χ2v) is 7.97. The van der Waals surface area contributed by atoms with Crippen molar-refractivity contribution in [3.05, 3.63) is 110 Å². The Balaban J connectivity index is 1.71. The molecule has 4 aromatic rings. The van der Waals surface area contributed by atoms with E-state index in [1.54, 1.807) is 36.4 Å². The number of anilines is 1. The number of fused-ring (bicyclic) bond motifs is 1. The summed E-state index contributed by atoms with van der Waals surface area (Å²) in [6, 6.07) is 21.8. The van der Waals surface area contributed by atoms with E-state index < -0.39 is 11.6 Å². The van der Waals surface area contributed by atoms with Crippen LogP contribution in [-0.4, -0.2) is 15.0 Å². The number of halogens is 1. The highest BCUT2D eigenvalue weighted by molar-refractivity contribution is 6.33. The van der Waals surface area contributed by atoms with Crippen molar-refractivity contribution in [2.24, 2.45) is 0 Å². The van der Waals surface area contributed by atoms with Crippen LogP contribution in [0.1, 0.15) is 11.1 Å². The minimum Gasteiger partial charge on any atom is -0.323 e. The van der Waals surface area contributed by atoms with E-state index in [0.29, 0.717) is 28.0 Å². The van der Waals surface area contributed by atoms with Crippen LogP contribution in [0.3, 0.4) is 0 Å². The van der Waals surface area contributed by atoms with Gasteiger partial charge in [0.25, 0.3) is 5.56 Å². The number of carbonyl (C=O) groups excluding carboxylic acids is 1. The molecule has 1 aromatic heterocycles. The average Bonchev–Trinajstić information content (AvgIpc) is 2.80. The predicted molar refractivity (Wildman–Crippen MR) is 127 cm³/mol. The summed E-state index contributed by atoms with van der Waals surface area (Å²) in [6.45, 7) is 1.82. The third-order valence-electron chi connectivity index (χ3n) is 5.39. The Morgan fingerprint density at radius 3 is 2.38 bits per heavy atom. The molecule has 6 nitrogen and oxygen atoms in total. The van der Waals surface area contributed by atoms with Crippen LogP contribution in [0.25, 0.3) is 10.9 Å². The normalized spacial score (nSPS) is 10.9. The van der Waals surface area contributed by atoms with Crippen LogP contribution in [0.5, 0.6) is 0 Å². The number of rotatable bonds is 6. The Kier molecular flexibility index (Phi) is 6.23. The van der Waals surface area contributed by atoms with Crippen molar-refractivity contribution < 1.29 is 4.79 Å². The fourth-order valence-corrected chi connectivity index (χ4v) is 3.99. The summed E-state index contributed by atoms with van der Waals surface area (Å²) in [5.74, 6) is -0.401. The molecule has 0 unspecified atom stereocenters. The fourth-order valence-electron chi connectivity index (χ4n) is 3.72. The average molecular weight is 448 g/mol. The van der Waals surface area contributed by atoms with E-state index in [4.69, 9.17) is 11.6 Å². The summed E-state index contributed by atoms with van der Waals surface area (Å²) >= 11 is 6.22. The van der Waals surface area contributed by atoms with Crippen LogP contribution in [0.2, 0.25) is 5.02 Å². The first-order chi connectivity index (χ1) is 15.5. The van der Waals surface area contributed by atoms with Crippen LogP contribution in [-0.2, 0) is 24.3 Å². The number of para-hydroxylation sites is 2. The molecule has 1 amide bonds. The highest BCUT2D eigenvalue weighted by atomic mass is 35.5. The van der Waals surface area contributed by atoms with Gasteiger partial charge in [-0.05, 0) is 42.7 Å². The number of hydrogen-bond acceptors (Lipinski definition) is 3. The summed E-state index contributed by atoms with van der Waals surface area (Å²) in [6.07, 6.45) is 0.527. The topological polar surface area (TPSA) is 73.1 Å². The van der Waals surface area contributed by atoms with Crippen LogP contribution >= 0.6 is 11.6 Å². The van der Waals surface area contributed by atoms with E-state index >= 15 is 0 Å². The maximum Gasteiger partial charge on any atom is 0.331 e. The monoisotopic (exact) mass is 447 g/mol. The molecule has 3 aromatic carbocycles. The third-order valence-corrected chi connectivity index (χ3v) is 5.70. The predicted octanol–water partition coefficient (Wildman–Crippen LogP) is 4.01. The zero-order chi connectivity index (χ0) is 22.7. The van der Waals surface area contributed by atoms with E-state index in [2.05, 4.69) is 5.32 Å². The molecule has 0 radical (unpaired) electrons. The van der Waals surface area contributed by atoms with Crippen molar-refractivity contribution in [1.82, 2.24) is 9.13 Å². The van der Waals surface area contributed by atoms with E-state index in [0.717, 1.165) is 11.1 Å². The maximum atomic E-state index is 13.3. The number of hydrogen-bond donors (Lipinski definition) is 1. The Labute approximate surface area is 189 Å². The van der Waals surface area contributed by atoms with E-state index in [-0.39, 0.29) is 18.6 Å². The summed E-state index contributed by atoms with van der Waals surface area (Å²) in [7, 11) is 0. The molecule has 4 rings (SSSR count). The largest absolute Gasteiger partial charge is 0.331 e. The number of aromatic nitrogens is 2. The smallest absolute Gasteiger partial charge is 0.323 e. The van der Waals surface area contributed by atoms with Gasteiger partial charge >= 0.3 is 5.69 Å². The molecule has 162 valence electrons. The molecule has 7 heteroatoms. The lowest BCUT2D eigenvalue weighted by atomic mass is 10.1. The van der Waals surface area contributed by atoms with Gasteiger partial charge in [0, 0.05) is 6.54 Å². The fraction of sp³-hybridized carbons (Fsp3) is 0.160. The first-order valence-electron chi connectivity index (χ1n) is 10.3. The van der Waals surface area contributed by atoms with E-state index in [9.17, 15) is 14.4 Å². The van der Waals surface area contributed by atoms with E-state index in [1.165, 1.54) is 9.13 Å². The second kappa shape index (κ2) is 9.24. The number of nitrogens with zero attached hydrogens (tertiary/aromatic N) is 2. The molecule has 0 fully saturated rings. The van der Waals surface area contributed by atoms with E-state index in [1.807, 2.05) is 43.3 Å². The zero-order valence-electron chi connectivity index (χ0n) is 17.5. The Bertz CT molecular complexity index is 1390. The zero-order valence-corrected chi connectivity index (χ0v) is 18.3. The molecule has 1 heterocycles. The molecule has 0 aliphatic rings. The number of benzene rings is 3. The highest BCUT2D eigenvalue weighted by Crippen LogP contribution is 2.25. The van der Waals surface area contributed by atoms with Crippen molar-refractivity contribution in [2.75, 3.05) is 5.32 Å². The van der Waals surface area contributed by atoms with Gasteiger partial charge in [0.2, 0.25) is 5.91 Å². The molecule has 0 saturated carbocycles. The minimum absolute atomic E-state index is 0.220. The second-order valence-electron chi connectivity index (χ2n) is 7.56. The lowest BCUT2D eigenvalue weighted by Crippen LogP contribution is -2.42. The van der Waals surface area contributed by atoms with Crippen molar-refractivity contribution in [3.63, 3.8) is 0 Å². The molecular formula is C25H22ClN3O3. The molecule has 0 atom stereocenters. The number of carbonyl (C=O) groups is 1. The third kappa shape index (κ3) is 4.36. The molecule has 0 spiro atoms. The van der Waals surface area contributed by atoms with Crippen molar-refractivity contribution >= 4 is 34.1 Å². The molecule has 32 heavy (non-hydrogen) atoms. The van der Waals surface area contributed by atoms with Crippen molar-refractivity contribution in [2.45, 2.75) is 26.4 Å². The van der Waals surface area contributed by atoms with Gasteiger partial charge in [-0.1, -0.05) is 66.2 Å². The van der Waals surface area contributed by atoms with Gasteiger partial charge in [-0.15, -0.1) is 0 Å². The van der Waals surface area contributed by atoms with Crippen LogP contribution in [0.4, 0.5) is 5.69 Å². The summed E-state index contributed by atoms with van der Waals surface area (Å²) in [5.41, 5.74) is 1.88. The lowest BCUT2D eigenvalue weighted by molar-refractivity contribution is -0.116. The molecule has 0 aliphatic carbocycles.